The van der Waals surface area contributed by atoms with E-state index >= 15 is 0 Å². The lowest BCUT2D eigenvalue weighted by Crippen LogP contribution is -2.53. The van der Waals surface area contributed by atoms with E-state index in [1.165, 1.54) is 5.56 Å². The average Bonchev–Trinajstić information content (AvgIpc) is 2.44. The Balaban J connectivity index is 1.93. The van der Waals surface area contributed by atoms with Gasteiger partial charge in [-0.25, -0.2) is 0 Å². The summed E-state index contributed by atoms with van der Waals surface area (Å²) in [7, 11) is 1.69. The van der Waals surface area contributed by atoms with Crippen LogP contribution in [-0.2, 0) is 11.3 Å². The van der Waals surface area contributed by atoms with Crippen molar-refractivity contribution < 1.29 is 9.47 Å². The molecule has 0 aromatic heterocycles. The lowest BCUT2D eigenvalue weighted by Gasteiger charge is -2.37. The van der Waals surface area contributed by atoms with E-state index in [4.69, 9.17) is 9.47 Å². The van der Waals surface area contributed by atoms with Crippen LogP contribution in [0.25, 0.3) is 0 Å². The first-order valence-corrected chi connectivity index (χ1v) is 7.37. The van der Waals surface area contributed by atoms with Crippen molar-refractivity contribution in [1.82, 2.24) is 10.2 Å². The van der Waals surface area contributed by atoms with Gasteiger partial charge >= 0.3 is 0 Å². The van der Waals surface area contributed by atoms with Gasteiger partial charge in [-0.05, 0) is 31.5 Å². The normalized spacial score (nSPS) is 23.8. The minimum Gasteiger partial charge on any atom is -0.491 e. The molecule has 1 heterocycles. The van der Waals surface area contributed by atoms with E-state index in [2.05, 4.69) is 42.3 Å². The lowest BCUT2D eigenvalue weighted by atomic mass is 10.1. The maximum absolute atomic E-state index is 5.67. The molecule has 1 aromatic rings. The Hall–Kier alpha value is -1.10. The summed E-state index contributed by atoms with van der Waals surface area (Å²) in [6, 6.07) is 9.51. The standard InChI is InChI=1S/C16H26N2O2/c1-13-11-18(14(2)10-17-13)12-15-5-4-6-16(9-15)20-8-7-19-3/h4-6,9,13-14,17H,7-8,10-12H2,1-3H3. The van der Waals surface area contributed by atoms with Crippen LogP contribution in [-0.4, -0.2) is 50.4 Å². The average molecular weight is 278 g/mol. The minimum absolute atomic E-state index is 0.562. The molecule has 2 atom stereocenters. The highest BCUT2D eigenvalue weighted by Gasteiger charge is 2.22. The molecule has 1 aliphatic heterocycles. The van der Waals surface area contributed by atoms with Crippen molar-refractivity contribution in [3.63, 3.8) is 0 Å². The van der Waals surface area contributed by atoms with E-state index < -0.39 is 0 Å². The Morgan fingerprint density at radius 1 is 1.30 bits per heavy atom. The summed E-state index contributed by atoms with van der Waals surface area (Å²) in [5.74, 6) is 0.926. The number of hydrogen-bond acceptors (Lipinski definition) is 4. The van der Waals surface area contributed by atoms with Gasteiger partial charge in [0, 0.05) is 38.8 Å². The highest BCUT2D eigenvalue weighted by atomic mass is 16.5. The molecule has 0 aliphatic carbocycles. The van der Waals surface area contributed by atoms with E-state index in [1.807, 2.05) is 6.07 Å². The largest absolute Gasteiger partial charge is 0.491 e. The molecule has 1 saturated heterocycles. The van der Waals surface area contributed by atoms with Crippen LogP contribution in [0.2, 0.25) is 0 Å². The van der Waals surface area contributed by atoms with Gasteiger partial charge in [0.15, 0.2) is 0 Å². The summed E-state index contributed by atoms with van der Waals surface area (Å²) < 4.78 is 10.7. The van der Waals surface area contributed by atoms with Gasteiger partial charge in [0.05, 0.1) is 6.61 Å². The van der Waals surface area contributed by atoms with Crippen molar-refractivity contribution >= 4 is 0 Å². The molecule has 0 radical (unpaired) electrons. The number of hydrogen-bond donors (Lipinski definition) is 1. The smallest absolute Gasteiger partial charge is 0.119 e. The molecule has 1 fully saturated rings. The zero-order valence-electron chi connectivity index (χ0n) is 12.8. The van der Waals surface area contributed by atoms with E-state index in [0.717, 1.165) is 25.4 Å². The van der Waals surface area contributed by atoms with Gasteiger partial charge in [-0.1, -0.05) is 12.1 Å². The van der Waals surface area contributed by atoms with Gasteiger partial charge in [0.1, 0.15) is 12.4 Å². The Bertz CT molecular complexity index is 411. The molecule has 0 spiro atoms. The SMILES string of the molecule is COCCOc1cccc(CN2CC(C)NCC2C)c1. The number of nitrogens with zero attached hydrogens (tertiary/aromatic N) is 1. The van der Waals surface area contributed by atoms with Crippen molar-refractivity contribution in [3.8, 4) is 5.75 Å². The number of nitrogens with one attached hydrogen (secondary N) is 1. The van der Waals surface area contributed by atoms with E-state index in [9.17, 15) is 0 Å². The summed E-state index contributed by atoms with van der Waals surface area (Å²) in [5, 5.41) is 3.51. The lowest BCUT2D eigenvalue weighted by molar-refractivity contribution is 0.138. The van der Waals surface area contributed by atoms with Crippen LogP contribution in [0.4, 0.5) is 0 Å². The zero-order valence-corrected chi connectivity index (χ0v) is 12.8. The van der Waals surface area contributed by atoms with Gasteiger partial charge in [-0.2, -0.15) is 0 Å². The maximum atomic E-state index is 5.67. The third-order valence-corrected chi connectivity index (χ3v) is 3.73. The van der Waals surface area contributed by atoms with Crippen molar-refractivity contribution in [2.24, 2.45) is 0 Å². The fourth-order valence-electron chi connectivity index (χ4n) is 2.53. The van der Waals surface area contributed by atoms with Crippen molar-refractivity contribution in [1.29, 1.82) is 0 Å². The number of piperazine rings is 1. The predicted molar refractivity (Wildman–Crippen MR) is 81.1 cm³/mol. The molecule has 4 heteroatoms. The summed E-state index contributed by atoms with van der Waals surface area (Å²) in [4.78, 5) is 2.52. The minimum atomic E-state index is 0.562. The molecule has 1 aliphatic rings. The molecule has 0 bridgehead atoms. The van der Waals surface area contributed by atoms with Crippen LogP contribution >= 0.6 is 0 Å². The highest BCUT2D eigenvalue weighted by Crippen LogP contribution is 2.17. The maximum Gasteiger partial charge on any atom is 0.119 e. The Labute approximate surface area is 122 Å². The quantitative estimate of drug-likeness (QED) is 0.806. The summed E-state index contributed by atoms with van der Waals surface area (Å²) >= 11 is 0. The molecule has 0 saturated carbocycles. The van der Waals surface area contributed by atoms with Crippen LogP contribution in [0.15, 0.2) is 24.3 Å². The van der Waals surface area contributed by atoms with Gasteiger partial charge in [-0.15, -0.1) is 0 Å². The summed E-state index contributed by atoms with van der Waals surface area (Å²) in [5.41, 5.74) is 1.31. The molecular formula is C16H26N2O2. The van der Waals surface area contributed by atoms with Crippen molar-refractivity contribution in [2.75, 3.05) is 33.4 Å². The van der Waals surface area contributed by atoms with E-state index in [-0.39, 0.29) is 0 Å². The second-order valence-corrected chi connectivity index (χ2v) is 5.58. The van der Waals surface area contributed by atoms with E-state index in [1.54, 1.807) is 7.11 Å². The number of rotatable bonds is 6. The number of ether oxygens (including phenoxy) is 2. The number of benzene rings is 1. The predicted octanol–water partition coefficient (Wildman–Crippen LogP) is 1.89. The second-order valence-electron chi connectivity index (χ2n) is 5.58. The van der Waals surface area contributed by atoms with Crippen molar-refractivity contribution in [3.05, 3.63) is 29.8 Å². The molecule has 0 amide bonds. The molecular weight excluding hydrogens is 252 g/mol. The third kappa shape index (κ3) is 4.47. The summed E-state index contributed by atoms with van der Waals surface area (Å²) in [6.07, 6.45) is 0. The van der Waals surface area contributed by atoms with Gasteiger partial charge in [-0.3, -0.25) is 4.90 Å². The molecule has 2 unspecified atom stereocenters. The fourth-order valence-corrected chi connectivity index (χ4v) is 2.53. The van der Waals surface area contributed by atoms with Gasteiger partial charge in [0.2, 0.25) is 0 Å². The monoisotopic (exact) mass is 278 g/mol. The van der Waals surface area contributed by atoms with Crippen LogP contribution in [0.1, 0.15) is 19.4 Å². The second kappa shape index (κ2) is 7.62. The number of methoxy groups -OCH3 is 1. The Morgan fingerprint density at radius 2 is 2.15 bits per heavy atom. The van der Waals surface area contributed by atoms with Crippen molar-refractivity contribution in [2.45, 2.75) is 32.5 Å². The van der Waals surface area contributed by atoms with Gasteiger partial charge < -0.3 is 14.8 Å². The highest BCUT2D eigenvalue weighted by molar-refractivity contribution is 5.28. The third-order valence-electron chi connectivity index (χ3n) is 3.73. The van der Waals surface area contributed by atoms with Crippen LogP contribution < -0.4 is 10.1 Å². The van der Waals surface area contributed by atoms with Crippen LogP contribution in [0.3, 0.4) is 0 Å². The molecule has 4 nitrogen and oxygen atoms in total. The van der Waals surface area contributed by atoms with Crippen LogP contribution in [0, 0.1) is 0 Å². The Morgan fingerprint density at radius 3 is 2.95 bits per heavy atom. The molecule has 1 N–H and O–H groups in total. The fraction of sp³-hybridized carbons (Fsp3) is 0.625. The molecule has 20 heavy (non-hydrogen) atoms. The molecule has 1 aromatic carbocycles. The molecule has 2 rings (SSSR count). The first kappa shape index (κ1) is 15.3. The molecule has 112 valence electrons. The zero-order chi connectivity index (χ0) is 14.4. The first-order chi connectivity index (χ1) is 9.69. The first-order valence-electron chi connectivity index (χ1n) is 7.37. The topological polar surface area (TPSA) is 33.7 Å². The Kier molecular flexibility index (Phi) is 5.83. The van der Waals surface area contributed by atoms with Crippen LogP contribution in [0.5, 0.6) is 5.75 Å². The van der Waals surface area contributed by atoms with E-state index in [0.29, 0.717) is 25.3 Å². The van der Waals surface area contributed by atoms with Gasteiger partial charge in [0.25, 0.3) is 0 Å². The summed E-state index contributed by atoms with van der Waals surface area (Å²) in [6.45, 7) is 8.87.